The predicted molar refractivity (Wildman–Crippen MR) is 50.1 cm³/mol. The van der Waals surface area contributed by atoms with Crippen molar-refractivity contribution in [3.05, 3.63) is 23.0 Å². The summed E-state index contributed by atoms with van der Waals surface area (Å²) in [6, 6.07) is 0. The van der Waals surface area contributed by atoms with Crippen LogP contribution in [0.2, 0.25) is 0 Å². The minimum atomic E-state index is -2.97. The van der Waals surface area contributed by atoms with E-state index < -0.39 is 29.4 Å². The van der Waals surface area contributed by atoms with Crippen molar-refractivity contribution in [2.45, 2.75) is 13.0 Å². The number of nitrogens with zero attached hydrogens (tertiary/aromatic N) is 1. The molecule has 0 saturated heterocycles. The van der Waals surface area contributed by atoms with Gasteiger partial charge >= 0.3 is 5.97 Å². The molecule has 0 spiro atoms. The summed E-state index contributed by atoms with van der Waals surface area (Å²) in [4.78, 5) is 14.6. The SMILES string of the molecule is COC(=O)c1ncc(O)c(CN)c1C(F)F. The normalized spacial score (nSPS) is 10.6. The van der Waals surface area contributed by atoms with Crippen LogP contribution in [0.1, 0.15) is 28.0 Å². The molecule has 88 valence electrons. The third-order valence-corrected chi connectivity index (χ3v) is 2.01. The average molecular weight is 232 g/mol. The smallest absolute Gasteiger partial charge is 0.357 e. The molecule has 0 bridgehead atoms. The highest BCUT2D eigenvalue weighted by atomic mass is 19.3. The maximum absolute atomic E-state index is 12.7. The molecule has 0 amide bonds. The highest BCUT2D eigenvalue weighted by Crippen LogP contribution is 2.31. The molecule has 1 aromatic rings. The summed E-state index contributed by atoms with van der Waals surface area (Å²) in [7, 11) is 1.05. The monoisotopic (exact) mass is 232 g/mol. The summed E-state index contributed by atoms with van der Waals surface area (Å²) in [6.07, 6.45) is -2.08. The first kappa shape index (κ1) is 12.3. The fraction of sp³-hybridized carbons (Fsp3) is 0.333. The van der Waals surface area contributed by atoms with Crippen LogP contribution in [0.5, 0.6) is 5.75 Å². The number of ether oxygens (including phenoxy) is 1. The van der Waals surface area contributed by atoms with Crippen LogP contribution in [0.15, 0.2) is 6.20 Å². The first-order valence-corrected chi connectivity index (χ1v) is 4.30. The number of aromatic hydroxyl groups is 1. The van der Waals surface area contributed by atoms with Gasteiger partial charge in [0, 0.05) is 12.1 Å². The second-order valence-electron chi connectivity index (χ2n) is 2.88. The van der Waals surface area contributed by atoms with E-state index in [1.165, 1.54) is 0 Å². The number of esters is 1. The molecule has 0 aliphatic carbocycles. The van der Waals surface area contributed by atoms with Crippen molar-refractivity contribution in [1.82, 2.24) is 4.98 Å². The molecule has 0 aliphatic heterocycles. The fourth-order valence-electron chi connectivity index (χ4n) is 1.26. The van der Waals surface area contributed by atoms with Gasteiger partial charge < -0.3 is 15.6 Å². The third kappa shape index (κ3) is 2.08. The number of hydrogen-bond donors (Lipinski definition) is 2. The highest BCUT2D eigenvalue weighted by molar-refractivity contribution is 5.89. The van der Waals surface area contributed by atoms with Gasteiger partial charge in [-0.05, 0) is 0 Å². The van der Waals surface area contributed by atoms with E-state index in [9.17, 15) is 18.7 Å². The number of alkyl halides is 2. The number of nitrogens with two attached hydrogens (primary N) is 1. The van der Waals surface area contributed by atoms with Gasteiger partial charge in [0.1, 0.15) is 5.75 Å². The number of hydrogen-bond acceptors (Lipinski definition) is 5. The lowest BCUT2D eigenvalue weighted by atomic mass is 10.1. The first-order valence-electron chi connectivity index (χ1n) is 4.30. The van der Waals surface area contributed by atoms with Gasteiger partial charge in [-0.1, -0.05) is 0 Å². The molecule has 0 aromatic carbocycles. The first-order chi connectivity index (χ1) is 7.52. The Morgan fingerprint density at radius 1 is 1.69 bits per heavy atom. The molecule has 0 atom stereocenters. The van der Waals surface area contributed by atoms with Crippen LogP contribution in [0.25, 0.3) is 0 Å². The minimum Gasteiger partial charge on any atom is -0.506 e. The van der Waals surface area contributed by atoms with E-state index in [0.717, 1.165) is 13.3 Å². The zero-order chi connectivity index (χ0) is 12.3. The lowest BCUT2D eigenvalue weighted by Crippen LogP contribution is -2.13. The standard InChI is InChI=1S/C9H10F2N2O3/c1-16-9(15)7-6(8(10)11)4(2-12)5(14)3-13-7/h3,8,14H,2,12H2,1H3. The van der Waals surface area contributed by atoms with Crippen molar-refractivity contribution >= 4 is 5.97 Å². The molecule has 1 aromatic heterocycles. The summed E-state index contributed by atoms with van der Waals surface area (Å²) in [5.74, 6) is -1.46. The van der Waals surface area contributed by atoms with Gasteiger partial charge in [0.2, 0.25) is 0 Å². The lowest BCUT2D eigenvalue weighted by Gasteiger charge is -2.12. The van der Waals surface area contributed by atoms with E-state index in [4.69, 9.17) is 5.73 Å². The molecule has 0 fully saturated rings. The quantitative estimate of drug-likeness (QED) is 0.758. The minimum absolute atomic E-state index is 0.203. The molecule has 5 nitrogen and oxygen atoms in total. The van der Waals surface area contributed by atoms with E-state index in [1.54, 1.807) is 0 Å². The Morgan fingerprint density at radius 3 is 2.75 bits per heavy atom. The third-order valence-electron chi connectivity index (χ3n) is 2.01. The Kier molecular flexibility index (Phi) is 3.73. The van der Waals surface area contributed by atoms with Gasteiger partial charge in [0.15, 0.2) is 5.69 Å². The van der Waals surface area contributed by atoms with E-state index in [0.29, 0.717) is 0 Å². The van der Waals surface area contributed by atoms with E-state index >= 15 is 0 Å². The second kappa shape index (κ2) is 4.84. The van der Waals surface area contributed by atoms with Gasteiger partial charge in [-0.3, -0.25) is 0 Å². The summed E-state index contributed by atoms with van der Waals surface area (Å²) >= 11 is 0. The second-order valence-corrected chi connectivity index (χ2v) is 2.88. The number of carbonyl (C=O) groups excluding carboxylic acids is 1. The fourth-order valence-corrected chi connectivity index (χ4v) is 1.26. The average Bonchev–Trinajstić information content (AvgIpc) is 2.27. The van der Waals surface area contributed by atoms with Gasteiger partial charge in [-0.15, -0.1) is 0 Å². The topological polar surface area (TPSA) is 85.4 Å². The van der Waals surface area contributed by atoms with Gasteiger partial charge in [0.25, 0.3) is 6.43 Å². The van der Waals surface area contributed by atoms with Crippen molar-refractivity contribution in [3.8, 4) is 5.75 Å². The highest BCUT2D eigenvalue weighted by Gasteiger charge is 2.25. The summed E-state index contributed by atoms with van der Waals surface area (Å²) in [5.41, 5.74) is 3.81. The van der Waals surface area contributed by atoms with Crippen LogP contribution < -0.4 is 5.73 Å². The molecule has 1 rings (SSSR count). The Labute approximate surface area is 89.9 Å². The molecule has 7 heteroatoms. The van der Waals surface area contributed by atoms with Crippen molar-refractivity contribution in [1.29, 1.82) is 0 Å². The molecule has 16 heavy (non-hydrogen) atoms. The summed E-state index contributed by atoms with van der Waals surface area (Å²) in [6.45, 7) is -0.321. The Hall–Kier alpha value is -1.76. The largest absolute Gasteiger partial charge is 0.506 e. The molecular formula is C9H10F2N2O3. The van der Waals surface area contributed by atoms with Crippen molar-refractivity contribution in [2.24, 2.45) is 5.73 Å². The van der Waals surface area contributed by atoms with E-state index in [1.807, 2.05) is 0 Å². The molecule has 3 N–H and O–H groups in total. The summed E-state index contributed by atoms with van der Waals surface area (Å²) < 4.78 is 29.8. The lowest BCUT2D eigenvalue weighted by molar-refractivity contribution is 0.0581. The number of carbonyl (C=O) groups is 1. The van der Waals surface area contributed by atoms with Crippen LogP contribution in [-0.4, -0.2) is 23.2 Å². The van der Waals surface area contributed by atoms with Crippen molar-refractivity contribution < 1.29 is 23.4 Å². The Morgan fingerprint density at radius 2 is 2.31 bits per heavy atom. The van der Waals surface area contributed by atoms with Crippen molar-refractivity contribution in [2.75, 3.05) is 7.11 Å². The number of pyridine rings is 1. The van der Waals surface area contributed by atoms with Gasteiger partial charge in [-0.25, -0.2) is 18.6 Å². The van der Waals surface area contributed by atoms with Crippen LogP contribution in [0.4, 0.5) is 8.78 Å². The van der Waals surface area contributed by atoms with Crippen LogP contribution in [0.3, 0.4) is 0 Å². The molecule has 0 radical (unpaired) electrons. The van der Waals surface area contributed by atoms with Crippen LogP contribution >= 0.6 is 0 Å². The van der Waals surface area contributed by atoms with Gasteiger partial charge in [0.05, 0.1) is 18.9 Å². The predicted octanol–water partition coefficient (Wildman–Crippen LogP) is 0.970. The zero-order valence-electron chi connectivity index (χ0n) is 8.41. The van der Waals surface area contributed by atoms with Crippen LogP contribution in [0, 0.1) is 0 Å². The number of methoxy groups -OCH3 is 1. The summed E-state index contributed by atoms with van der Waals surface area (Å²) in [5, 5.41) is 9.29. The Bertz CT molecular complexity index is 410. The zero-order valence-corrected chi connectivity index (χ0v) is 8.41. The molecular weight excluding hydrogens is 222 g/mol. The van der Waals surface area contributed by atoms with E-state index in [2.05, 4.69) is 9.72 Å². The number of rotatable bonds is 3. The molecule has 0 saturated carbocycles. The molecule has 0 unspecified atom stereocenters. The van der Waals surface area contributed by atoms with E-state index in [-0.39, 0.29) is 12.1 Å². The van der Waals surface area contributed by atoms with Crippen LogP contribution in [-0.2, 0) is 11.3 Å². The molecule has 0 aliphatic rings. The number of aromatic nitrogens is 1. The Balaban J connectivity index is 3.45. The number of halogens is 2. The van der Waals surface area contributed by atoms with Crippen molar-refractivity contribution in [3.63, 3.8) is 0 Å². The van der Waals surface area contributed by atoms with Gasteiger partial charge in [-0.2, -0.15) is 0 Å². The maximum atomic E-state index is 12.7. The molecule has 1 heterocycles. The maximum Gasteiger partial charge on any atom is 0.357 e.